The van der Waals surface area contributed by atoms with Crippen molar-refractivity contribution in [1.29, 1.82) is 0 Å². The number of benzene rings is 1. The van der Waals surface area contributed by atoms with Gasteiger partial charge >= 0.3 is 0 Å². The Labute approximate surface area is 76.7 Å². The van der Waals surface area contributed by atoms with Crippen molar-refractivity contribution >= 4 is 9.76 Å². The fourth-order valence-corrected chi connectivity index (χ4v) is 1.82. The molecule has 1 aromatic rings. The normalized spacial score (nSPS) is 11.3. The van der Waals surface area contributed by atoms with Gasteiger partial charge in [0.2, 0.25) is 9.76 Å². The molecule has 0 fully saturated rings. The highest BCUT2D eigenvalue weighted by molar-refractivity contribution is 6.26. The smallest absolute Gasteiger partial charge is 0.216 e. The van der Waals surface area contributed by atoms with Crippen LogP contribution in [0.15, 0.2) is 24.3 Å². The third-order valence-corrected chi connectivity index (χ3v) is 2.44. The first-order chi connectivity index (χ1) is 5.75. The number of hydrogen-bond donors (Lipinski definition) is 0. The summed E-state index contributed by atoms with van der Waals surface area (Å²) in [7, 11) is -0.338. The van der Waals surface area contributed by atoms with Crippen molar-refractivity contribution in [3.8, 4) is 5.75 Å². The molecule has 1 aromatic carbocycles. The molecule has 0 radical (unpaired) electrons. The van der Waals surface area contributed by atoms with Gasteiger partial charge < -0.3 is 4.43 Å². The molecular weight excluding hydrogens is 164 g/mol. The SMILES string of the molecule is C[SiH2]Oc1ccccc1C(C)C. The zero-order valence-electron chi connectivity index (χ0n) is 8.00. The Bertz CT molecular complexity index is 245. The lowest BCUT2D eigenvalue weighted by atomic mass is 10.0. The van der Waals surface area contributed by atoms with Gasteiger partial charge in [-0.15, -0.1) is 0 Å². The summed E-state index contributed by atoms with van der Waals surface area (Å²) in [6.45, 7) is 6.54. The fraction of sp³-hybridized carbons (Fsp3) is 0.400. The zero-order chi connectivity index (χ0) is 8.97. The van der Waals surface area contributed by atoms with E-state index in [4.69, 9.17) is 4.43 Å². The van der Waals surface area contributed by atoms with Crippen LogP contribution in [0, 0.1) is 0 Å². The van der Waals surface area contributed by atoms with Crippen LogP contribution in [-0.4, -0.2) is 9.76 Å². The Kier molecular flexibility index (Phi) is 3.35. The molecule has 0 N–H and O–H groups in total. The monoisotopic (exact) mass is 180 g/mol. The van der Waals surface area contributed by atoms with Crippen LogP contribution in [0.3, 0.4) is 0 Å². The van der Waals surface area contributed by atoms with Crippen LogP contribution in [0.1, 0.15) is 25.3 Å². The molecule has 0 saturated carbocycles. The van der Waals surface area contributed by atoms with Gasteiger partial charge in [0.25, 0.3) is 0 Å². The minimum atomic E-state index is -0.338. The molecule has 2 heteroatoms. The van der Waals surface area contributed by atoms with Crippen molar-refractivity contribution in [1.82, 2.24) is 0 Å². The van der Waals surface area contributed by atoms with E-state index in [2.05, 4.69) is 38.6 Å². The van der Waals surface area contributed by atoms with Crippen LogP contribution >= 0.6 is 0 Å². The summed E-state index contributed by atoms with van der Waals surface area (Å²) in [6, 6.07) is 8.31. The maximum absolute atomic E-state index is 5.64. The highest BCUT2D eigenvalue weighted by Gasteiger charge is 2.04. The molecule has 0 aliphatic heterocycles. The minimum absolute atomic E-state index is 0.338. The van der Waals surface area contributed by atoms with Crippen LogP contribution in [-0.2, 0) is 0 Å². The van der Waals surface area contributed by atoms with Gasteiger partial charge in [-0.05, 0) is 24.1 Å². The lowest BCUT2D eigenvalue weighted by Crippen LogP contribution is -2.00. The Morgan fingerprint density at radius 2 is 1.92 bits per heavy atom. The van der Waals surface area contributed by atoms with Crippen molar-refractivity contribution < 1.29 is 4.43 Å². The molecule has 1 rings (SSSR count). The highest BCUT2D eigenvalue weighted by Crippen LogP contribution is 2.25. The number of hydrogen-bond acceptors (Lipinski definition) is 1. The first-order valence-electron chi connectivity index (χ1n) is 4.47. The van der Waals surface area contributed by atoms with Crippen molar-refractivity contribution in [2.45, 2.75) is 26.3 Å². The van der Waals surface area contributed by atoms with E-state index >= 15 is 0 Å². The zero-order valence-corrected chi connectivity index (χ0v) is 9.42. The molecule has 0 aromatic heterocycles. The van der Waals surface area contributed by atoms with E-state index in [9.17, 15) is 0 Å². The van der Waals surface area contributed by atoms with E-state index in [-0.39, 0.29) is 9.76 Å². The van der Waals surface area contributed by atoms with Crippen LogP contribution in [0.4, 0.5) is 0 Å². The molecule has 0 saturated heterocycles. The average Bonchev–Trinajstić information content (AvgIpc) is 2.05. The summed E-state index contributed by atoms with van der Waals surface area (Å²) in [5.74, 6) is 1.64. The lowest BCUT2D eigenvalue weighted by molar-refractivity contribution is 0.583. The Balaban J connectivity index is 2.92. The first-order valence-corrected chi connectivity index (χ1v) is 6.46. The molecule has 0 amide bonds. The average molecular weight is 180 g/mol. The summed E-state index contributed by atoms with van der Waals surface area (Å²) >= 11 is 0. The van der Waals surface area contributed by atoms with Crippen LogP contribution < -0.4 is 4.43 Å². The van der Waals surface area contributed by atoms with E-state index in [1.807, 2.05) is 6.07 Å². The third-order valence-electron chi connectivity index (χ3n) is 1.84. The predicted octanol–water partition coefficient (Wildman–Crippen LogP) is 2.32. The topological polar surface area (TPSA) is 9.23 Å². The van der Waals surface area contributed by atoms with Gasteiger partial charge in [0.1, 0.15) is 5.75 Å². The lowest BCUT2D eigenvalue weighted by Gasteiger charge is -2.12. The number of rotatable bonds is 3. The third kappa shape index (κ3) is 2.11. The molecule has 0 aliphatic rings. The van der Waals surface area contributed by atoms with E-state index in [1.165, 1.54) is 5.56 Å². The Hall–Kier alpha value is -0.763. The minimum Gasteiger partial charge on any atom is -0.549 e. The maximum atomic E-state index is 5.64. The summed E-state index contributed by atoms with van der Waals surface area (Å²) < 4.78 is 5.64. The molecule has 0 spiro atoms. The van der Waals surface area contributed by atoms with E-state index in [0.717, 1.165) is 5.75 Å². The standard InChI is InChI=1S/C10H16OSi/c1-8(2)9-6-4-5-7-10(9)11-12-3/h4-8H,12H2,1-3H3. The molecule has 0 aliphatic carbocycles. The van der Waals surface area contributed by atoms with Crippen molar-refractivity contribution in [2.75, 3.05) is 0 Å². The van der Waals surface area contributed by atoms with Crippen molar-refractivity contribution in [3.05, 3.63) is 29.8 Å². The summed E-state index contributed by atoms with van der Waals surface area (Å²) in [5, 5.41) is 0. The second-order valence-corrected chi connectivity index (χ2v) is 3.99. The van der Waals surface area contributed by atoms with Gasteiger partial charge in [-0.3, -0.25) is 0 Å². The van der Waals surface area contributed by atoms with Crippen LogP contribution in [0.5, 0.6) is 5.75 Å². The second kappa shape index (κ2) is 4.31. The Morgan fingerprint density at radius 1 is 1.25 bits per heavy atom. The molecule has 12 heavy (non-hydrogen) atoms. The molecule has 1 nitrogen and oxygen atoms in total. The predicted molar refractivity (Wildman–Crippen MR) is 55.6 cm³/mol. The van der Waals surface area contributed by atoms with Gasteiger partial charge in [-0.1, -0.05) is 32.0 Å². The van der Waals surface area contributed by atoms with Gasteiger partial charge in [0.05, 0.1) is 0 Å². The summed E-state index contributed by atoms with van der Waals surface area (Å²) in [4.78, 5) is 0. The van der Waals surface area contributed by atoms with Crippen LogP contribution in [0.2, 0.25) is 6.55 Å². The molecule has 0 heterocycles. The van der Waals surface area contributed by atoms with Crippen molar-refractivity contribution in [2.24, 2.45) is 0 Å². The van der Waals surface area contributed by atoms with E-state index < -0.39 is 0 Å². The highest BCUT2D eigenvalue weighted by atomic mass is 28.2. The first kappa shape index (κ1) is 9.33. The second-order valence-electron chi connectivity index (χ2n) is 3.13. The van der Waals surface area contributed by atoms with Gasteiger partial charge in [0, 0.05) is 0 Å². The van der Waals surface area contributed by atoms with Crippen LogP contribution in [0.25, 0.3) is 0 Å². The van der Waals surface area contributed by atoms with Gasteiger partial charge in [0.15, 0.2) is 0 Å². The summed E-state index contributed by atoms with van der Waals surface area (Å²) in [5.41, 5.74) is 1.33. The quantitative estimate of drug-likeness (QED) is 0.649. The van der Waals surface area contributed by atoms with E-state index in [1.54, 1.807) is 0 Å². The van der Waals surface area contributed by atoms with Gasteiger partial charge in [-0.2, -0.15) is 0 Å². The molecule has 0 atom stereocenters. The molecule has 0 bridgehead atoms. The Morgan fingerprint density at radius 3 is 2.50 bits per heavy atom. The molecule has 0 unspecified atom stereocenters. The largest absolute Gasteiger partial charge is 0.549 e. The van der Waals surface area contributed by atoms with Crippen molar-refractivity contribution in [3.63, 3.8) is 0 Å². The molecular formula is C10H16OSi. The van der Waals surface area contributed by atoms with Gasteiger partial charge in [-0.25, -0.2) is 0 Å². The van der Waals surface area contributed by atoms with E-state index in [0.29, 0.717) is 5.92 Å². The number of para-hydroxylation sites is 1. The summed E-state index contributed by atoms with van der Waals surface area (Å²) in [6.07, 6.45) is 0. The molecule has 66 valence electrons. The maximum Gasteiger partial charge on any atom is 0.216 e. The fourth-order valence-electron chi connectivity index (χ4n) is 1.24.